The number of aliphatic hydroxyl groups is 1. The Balaban J connectivity index is 2.42. The minimum absolute atomic E-state index is 0.121. The molecule has 1 unspecified atom stereocenters. The number of carbonyl (C=O) groups excluding carboxylic acids is 1. The van der Waals surface area contributed by atoms with E-state index in [4.69, 9.17) is 11.6 Å². The van der Waals surface area contributed by atoms with Crippen molar-refractivity contribution in [2.75, 3.05) is 25.0 Å². The summed E-state index contributed by atoms with van der Waals surface area (Å²) in [6.45, 7) is 4.25. The second kappa shape index (κ2) is 7.31. The number of aromatic nitrogens is 1. The number of likely N-dealkylation sites (N-methyl/N-ethyl adjacent to an activating group) is 1. The van der Waals surface area contributed by atoms with E-state index in [9.17, 15) is 9.90 Å². The third-order valence-electron chi connectivity index (χ3n) is 2.76. The lowest BCUT2D eigenvalue weighted by Gasteiger charge is -2.19. The minimum Gasteiger partial charge on any atom is -0.391 e. The molecule has 1 heterocycles. The van der Waals surface area contributed by atoms with Crippen LogP contribution in [0.3, 0.4) is 0 Å². The number of amides is 1. The molecule has 106 valence electrons. The van der Waals surface area contributed by atoms with Gasteiger partial charge in [0.1, 0.15) is 5.82 Å². The summed E-state index contributed by atoms with van der Waals surface area (Å²) >= 11 is 5.75. The topological polar surface area (TPSA) is 65.5 Å². The maximum absolute atomic E-state index is 11.7. The van der Waals surface area contributed by atoms with Crippen LogP contribution in [0.15, 0.2) is 18.3 Å². The Morgan fingerprint density at radius 2 is 2.21 bits per heavy atom. The number of pyridine rings is 1. The number of anilines is 1. The summed E-state index contributed by atoms with van der Waals surface area (Å²) < 4.78 is 0. The Hall–Kier alpha value is -1.33. The van der Waals surface area contributed by atoms with Gasteiger partial charge < -0.3 is 15.3 Å². The molecule has 1 aromatic rings. The largest absolute Gasteiger partial charge is 0.391 e. The molecule has 1 rings (SSSR count). The van der Waals surface area contributed by atoms with E-state index in [0.717, 1.165) is 0 Å². The molecule has 5 nitrogen and oxygen atoms in total. The van der Waals surface area contributed by atoms with Crippen LogP contribution < -0.4 is 10.2 Å². The van der Waals surface area contributed by atoms with Crippen molar-refractivity contribution < 1.29 is 9.90 Å². The van der Waals surface area contributed by atoms with Gasteiger partial charge in [-0.25, -0.2) is 4.98 Å². The fourth-order valence-corrected chi connectivity index (χ4v) is 1.51. The van der Waals surface area contributed by atoms with Crippen LogP contribution in [0.4, 0.5) is 5.82 Å². The summed E-state index contributed by atoms with van der Waals surface area (Å²) in [5.74, 6) is 0.638. The molecule has 0 radical (unpaired) electrons. The molecule has 0 bridgehead atoms. The average molecular weight is 286 g/mol. The highest BCUT2D eigenvalue weighted by Crippen LogP contribution is 2.12. The zero-order chi connectivity index (χ0) is 14.4. The summed E-state index contributed by atoms with van der Waals surface area (Å²) in [6.07, 6.45) is 1.01. The SMILES string of the molecule is CC(C)C(O)CNC(=O)CN(C)c1ccc(Cl)cn1. The Morgan fingerprint density at radius 3 is 2.74 bits per heavy atom. The van der Waals surface area contributed by atoms with Crippen LogP contribution in [-0.4, -0.2) is 42.2 Å². The van der Waals surface area contributed by atoms with E-state index < -0.39 is 6.10 Å². The average Bonchev–Trinajstić information content (AvgIpc) is 2.36. The molecule has 0 aliphatic carbocycles. The smallest absolute Gasteiger partial charge is 0.239 e. The standard InChI is InChI=1S/C13H20ClN3O2/c1-9(2)11(18)7-16-13(19)8-17(3)12-5-4-10(14)6-15-12/h4-6,9,11,18H,7-8H2,1-3H3,(H,16,19). The number of halogens is 1. The van der Waals surface area contributed by atoms with Crippen molar-refractivity contribution in [1.82, 2.24) is 10.3 Å². The van der Waals surface area contributed by atoms with E-state index in [1.165, 1.54) is 6.20 Å². The Morgan fingerprint density at radius 1 is 1.53 bits per heavy atom. The fourth-order valence-electron chi connectivity index (χ4n) is 1.40. The van der Waals surface area contributed by atoms with E-state index in [-0.39, 0.29) is 24.9 Å². The quantitative estimate of drug-likeness (QED) is 0.827. The Kier molecular flexibility index (Phi) is 6.05. The van der Waals surface area contributed by atoms with Crippen LogP contribution in [0.5, 0.6) is 0 Å². The normalized spacial score (nSPS) is 12.3. The van der Waals surface area contributed by atoms with Crippen LogP contribution in [-0.2, 0) is 4.79 Å². The highest BCUT2D eigenvalue weighted by atomic mass is 35.5. The van der Waals surface area contributed by atoms with Gasteiger partial charge in [0.05, 0.1) is 17.7 Å². The monoisotopic (exact) mass is 285 g/mol. The van der Waals surface area contributed by atoms with E-state index >= 15 is 0 Å². The lowest BCUT2D eigenvalue weighted by atomic mass is 10.1. The zero-order valence-corrected chi connectivity index (χ0v) is 12.2. The molecule has 1 atom stereocenters. The van der Waals surface area contributed by atoms with Gasteiger partial charge in [-0.05, 0) is 18.1 Å². The van der Waals surface area contributed by atoms with Gasteiger partial charge in [0.15, 0.2) is 0 Å². The third-order valence-corrected chi connectivity index (χ3v) is 2.99. The van der Waals surface area contributed by atoms with Crippen LogP contribution in [0, 0.1) is 5.92 Å². The minimum atomic E-state index is -0.525. The van der Waals surface area contributed by atoms with Crippen molar-refractivity contribution in [2.45, 2.75) is 20.0 Å². The van der Waals surface area contributed by atoms with Crippen LogP contribution >= 0.6 is 11.6 Å². The highest BCUT2D eigenvalue weighted by molar-refractivity contribution is 6.30. The molecule has 2 N–H and O–H groups in total. The number of nitrogens with one attached hydrogen (secondary N) is 1. The maximum Gasteiger partial charge on any atom is 0.239 e. The van der Waals surface area contributed by atoms with Crippen molar-refractivity contribution in [1.29, 1.82) is 0 Å². The van der Waals surface area contributed by atoms with Gasteiger partial charge in [-0.2, -0.15) is 0 Å². The van der Waals surface area contributed by atoms with Crippen molar-refractivity contribution in [3.8, 4) is 0 Å². The third kappa shape index (κ3) is 5.44. The van der Waals surface area contributed by atoms with E-state index in [1.54, 1.807) is 24.1 Å². The predicted molar refractivity (Wildman–Crippen MR) is 76.4 cm³/mol. The van der Waals surface area contributed by atoms with Gasteiger partial charge >= 0.3 is 0 Å². The number of hydrogen-bond acceptors (Lipinski definition) is 4. The Labute approximate surface area is 118 Å². The zero-order valence-electron chi connectivity index (χ0n) is 11.4. The van der Waals surface area contributed by atoms with Gasteiger partial charge in [-0.1, -0.05) is 25.4 Å². The van der Waals surface area contributed by atoms with Gasteiger partial charge in [-0.3, -0.25) is 4.79 Å². The highest BCUT2D eigenvalue weighted by Gasteiger charge is 2.12. The molecule has 0 spiro atoms. The van der Waals surface area contributed by atoms with Crippen molar-refractivity contribution in [3.05, 3.63) is 23.4 Å². The molecule has 1 amide bonds. The van der Waals surface area contributed by atoms with Gasteiger partial charge in [0, 0.05) is 19.8 Å². The van der Waals surface area contributed by atoms with Crippen LogP contribution in [0.2, 0.25) is 5.02 Å². The van der Waals surface area contributed by atoms with E-state index in [2.05, 4.69) is 10.3 Å². The van der Waals surface area contributed by atoms with E-state index in [1.807, 2.05) is 13.8 Å². The molecule has 0 fully saturated rings. The maximum atomic E-state index is 11.7. The summed E-state index contributed by atoms with van der Waals surface area (Å²) in [4.78, 5) is 17.5. The van der Waals surface area contributed by atoms with Gasteiger partial charge in [-0.15, -0.1) is 0 Å². The lowest BCUT2D eigenvalue weighted by molar-refractivity contribution is -0.120. The molecular weight excluding hydrogens is 266 g/mol. The number of rotatable bonds is 6. The number of aliphatic hydroxyl groups excluding tert-OH is 1. The Bertz CT molecular complexity index is 409. The number of hydrogen-bond donors (Lipinski definition) is 2. The van der Waals surface area contributed by atoms with Crippen LogP contribution in [0.1, 0.15) is 13.8 Å². The van der Waals surface area contributed by atoms with Gasteiger partial charge in [0.2, 0.25) is 5.91 Å². The van der Waals surface area contributed by atoms with E-state index in [0.29, 0.717) is 10.8 Å². The van der Waals surface area contributed by atoms with Gasteiger partial charge in [0.25, 0.3) is 0 Å². The first-order valence-corrected chi connectivity index (χ1v) is 6.55. The molecule has 19 heavy (non-hydrogen) atoms. The summed E-state index contributed by atoms with van der Waals surface area (Å²) in [6, 6.07) is 3.47. The molecule has 1 aromatic heterocycles. The first-order valence-electron chi connectivity index (χ1n) is 6.17. The molecule has 6 heteroatoms. The molecular formula is C13H20ClN3O2. The summed E-state index contributed by atoms with van der Waals surface area (Å²) in [7, 11) is 1.77. The summed E-state index contributed by atoms with van der Waals surface area (Å²) in [5, 5.41) is 12.9. The second-order valence-electron chi connectivity index (χ2n) is 4.81. The molecule has 0 aliphatic heterocycles. The van der Waals surface area contributed by atoms with Crippen molar-refractivity contribution in [2.24, 2.45) is 5.92 Å². The van der Waals surface area contributed by atoms with Crippen LogP contribution in [0.25, 0.3) is 0 Å². The van der Waals surface area contributed by atoms with Crippen molar-refractivity contribution >= 4 is 23.3 Å². The molecule has 0 aliphatic rings. The predicted octanol–water partition coefficient (Wildman–Crippen LogP) is 1.30. The number of nitrogens with zero attached hydrogens (tertiary/aromatic N) is 2. The molecule has 0 saturated carbocycles. The molecule has 0 saturated heterocycles. The lowest BCUT2D eigenvalue weighted by Crippen LogP contribution is -2.40. The molecule has 0 aromatic carbocycles. The fraction of sp³-hybridized carbons (Fsp3) is 0.538. The first kappa shape index (κ1) is 15.7. The summed E-state index contributed by atoms with van der Waals surface area (Å²) in [5.41, 5.74) is 0. The second-order valence-corrected chi connectivity index (χ2v) is 5.24. The first-order chi connectivity index (χ1) is 8.90. The number of carbonyl (C=O) groups is 1. The van der Waals surface area contributed by atoms with Crippen molar-refractivity contribution in [3.63, 3.8) is 0 Å².